The zero-order valence-corrected chi connectivity index (χ0v) is 12.7. The van der Waals surface area contributed by atoms with Crippen molar-refractivity contribution >= 4 is 17.2 Å². The van der Waals surface area contributed by atoms with Crippen molar-refractivity contribution in [2.45, 2.75) is 39.7 Å². The van der Waals surface area contributed by atoms with Gasteiger partial charge in [-0.1, -0.05) is 6.92 Å². The smallest absolute Gasteiger partial charge is 0.221 e. The molecule has 2 aromatic rings. The summed E-state index contributed by atoms with van der Waals surface area (Å²) in [6, 6.07) is 0. The topological polar surface area (TPSA) is 59.8 Å². The van der Waals surface area contributed by atoms with Gasteiger partial charge in [0.2, 0.25) is 5.91 Å². The molecule has 0 spiro atoms. The van der Waals surface area contributed by atoms with E-state index in [1.165, 1.54) is 4.88 Å². The van der Waals surface area contributed by atoms with Crippen LogP contribution in [0.1, 0.15) is 29.7 Å². The quantitative estimate of drug-likeness (QED) is 0.848. The minimum Gasteiger partial charge on any atom is -0.356 e. The summed E-state index contributed by atoms with van der Waals surface area (Å²) in [6.07, 6.45) is 5.94. The molecule has 2 aromatic heterocycles. The van der Waals surface area contributed by atoms with Crippen LogP contribution in [0.3, 0.4) is 0 Å². The van der Waals surface area contributed by atoms with Gasteiger partial charge < -0.3 is 9.88 Å². The van der Waals surface area contributed by atoms with Crippen molar-refractivity contribution in [2.75, 3.05) is 6.54 Å². The Morgan fingerprint density at radius 3 is 3.00 bits per heavy atom. The number of aromatic nitrogens is 3. The lowest BCUT2D eigenvalue weighted by atomic mass is 10.3. The average molecular weight is 292 g/mol. The number of amides is 1. The van der Waals surface area contributed by atoms with Crippen molar-refractivity contribution in [3.8, 4) is 0 Å². The van der Waals surface area contributed by atoms with Crippen LogP contribution in [-0.4, -0.2) is 27.0 Å². The molecular formula is C14H20N4OS. The molecule has 1 amide bonds. The number of carbonyl (C=O) groups excluding carboxylic acids is 1. The number of thiazole rings is 1. The lowest BCUT2D eigenvalue weighted by Crippen LogP contribution is -2.26. The second-order valence-corrected chi connectivity index (χ2v) is 5.54. The van der Waals surface area contributed by atoms with Crippen molar-refractivity contribution in [1.82, 2.24) is 19.9 Å². The molecule has 0 atom stereocenters. The molecule has 0 bridgehead atoms. The van der Waals surface area contributed by atoms with Crippen molar-refractivity contribution in [3.05, 3.63) is 34.3 Å². The third-order valence-corrected chi connectivity index (χ3v) is 4.21. The van der Waals surface area contributed by atoms with Gasteiger partial charge in [0.15, 0.2) is 0 Å². The first kappa shape index (κ1) is 14.7. The maximum atomic E-state index is 11.8. The fourth-order valence-corrected chi connectivity index (χ4v) is 2.83. The largest absolute Gasteiger partial charge is 0.356 e. The van der Waals surface area contributed by atoms with Crippen LogP contribution in [0, 0.1) is 6.92 Å². The van der Waals surface area contributed by atoms with Gasteiger partial charge in [-0.2, -0.15) is 0 Å². The molecule has 6 heteroatoms. The van der Waals surface area contributed by atoms with Gasteiger partial charge in [0, 0.05) is 49.6 Å². The van der Waals surface area contributed by atoms with Gasteiger partial charge in [0.25, 0.3) is 0 Å². The molecule has 0 aromatic carbocycles. The minimum atomic E-state index is 0.0860. The van der Waals surface area contributed by atoms with Crippen LogP contribution < -0.4 is 5.32 Å². The molecule has 0 aliphatic rings. The highest BCUT2D eigenvalue weighted by Gasteiger charge is 2.06. The average Bonchev–Trinajstić information content (AvgIpc) is 3.05. The Labute approximate surface area is 123 Å². The standard InChI is InChI=1S/C14H20N4OS/c1-3-13-15-7-9-18(13)8-5-14(19)16-6-4-12-11(2)17-10-20-12/h7,9-10H,3-6,8H2,1-2H3,(H,16,19). The molecular weight excluding hydrogens is 272 g/mol. The monoisotopic (exact) mass is 292 g/mol. The number of nitrogens with zero attached hydrogens (tertiary/aromatic N) is 3. The Morgan fingerprint density at radius 2 is 2.30 bits per heavy atom. The number of imidazole rings is 1. The minimum absolute atomic E-state index is 0.0860. The van der Waals surface area contributed by atoms with E-state index < -0.39 is 0 Å². The van der Waals surface area contributed by atoms with Crippen molar-refractivity contribution in [2.24, 2.45) is 0 Å². The summed E-state index contributed by atoms with van der Waals surface area (Å²) < 4.78 is 2.03. The van der Waals surface area contributed by atoms with E-state index in [1.807, 2.05) is 23.2 Å². The molecule has 0 aliphatic heterocycles. The number of carbonyl (C=O) groups is 1. The van der Waals surface area contributed by atoms with E-state index in [0.717, 1.165) is 24.4 Å². The van der Waals surface area contributed by atoms with E-state index in [9.17, 15) is 4.79 Å². The summed E-state index contributed by atoms with van der Waals surface area (Å²) in [7, 11) is 0. The molecule has 1 N–H and O–H groups in total. The Bertz CT molecular complexity index is 561. The third-order valence-electron chi connectivity index (χ3n) is 3.22. The molecule has 0 saturated carbocycles. The van der Waals surface area contributed by atoms with E-state index in [4.69, 9.17) is 0 Å². The van der Waals surface area contributed by atoms with E-state index in [2.05, 4.69) is 22.2 Å². The van der Waals surface area contributed by atoms with Crippen LogP contribution in [0.15, 0.2) is 17.9 Å². The summed E-state index contributed by atoms with van der Waals surface area (Å²) >= 11 is 1.64. The SMILES string of the molecule is CCc1nccn1CCC(=O)NCCc1scnc1C. The maximum absolute atomic E-state index is 11.8. The summed E-state index contributed by atoms with van der Waals surface area (Å²) in [6.45, 7) is 5.43. The number of rotatable bonds is 7. The van der Waals surface area contributed by atoms with Gasteiger partial charge in [0.05, 0.1) is 11.2 Å². The van der Waals surface area contributed by atoms with Crippen molar-refractivity contribution in [3.63, 3.8) is 0 Å². The highest BCUT2D eigenvalue weighted by atomic mass is 32.1. The zero-order valence-electron chi connectivity index (χ0n) is 11.9. The fraction of sp³-hybridized carbons (Fsp3) is 0.500. The molecule has 2 rings (SSSR count). The van der Waals surface area contributed by atoms with Crippen molar-refractivity contribution < 1.29 is 4.79 Å². The molecule has 0 radical (unpaired) electrons. The van der Waals surface area contributed by atoms with Crippen LogP contribution in [0.4, 0.5) is 0 Å². The third kappa shape index (κ3) is 3.90. The Kier molecular flexibility index (Phi) is 5.29. The Morgan fingerprint density at radius 1 is 1.45 bits per heavy atom. The number of aryl methyl sites for hydroxylation is 3. The van der Waals surface area contributed by atoms with Gasteiger partial charge in [-0.3, -0.25) is 4.79 Å². The van der Waals surface area contributed by atoms with Crippen molar-refractivity contribution in [1.29, 1.82) is 0 Å². The predicted molar refractivity (Wildman–Crippen MR) is 79.8 cm³/mol. The van der Waals surface area contributed by atoms with Gasteiger partial charge in [-0.05, 0) is 6.92 Å². The zero-order chi connectivity index (χ0) is 14.4. The molecule has 0 aliphatic carbocycles. The van der Waals surface area contributed by atoms with Crippen LogP contribution in [0.2, 0.25) is 0 Å². The molecule has 0 fully saturated rings. The number of nitrogens with one attached hydrogen (secondary N) is 1. The molecule has 5 nitrogen and oxygen atoms in total. The first-order valence-corrected chi connectivity index (χ1v) is 7.74. The van der Waals surface area contributed by atoms with E-state index in [1.54, 1.807) is 17.5 Å². The van der Waals surface area contributed by atoms with Gasteiger partial charge in [-0.15, -0.1) is 11.3 Å². The molecule has 108 valence electrons. The number of hydrogen-bond donors (Lipinski definition) is 1. The normalized spacial score (nSPS) is 10.7. The fourth-order valence-electron chi connectivity index (χ4n) is 2.05. The van der Waals surface area contributed by atoms with E-state index >= 15 is 0 Å². The van der Waals surface area contributed by atoms with Crippen LogP contribution >= 0.6 is 11.3 Å². The first-order chi connectivity index (χ1) is 9.70. The molecule has 2 heterocycles. The summed E-state index contributed by atoms with van der Waals surface area (Å²) in [4.78, 5) is 21.5. The Balaban J connectivity index is 1.69. The molecule has 20 heavy (non-hydrogen) atoms. The van der Waals surface area contributed by atoms with E-state index in [0.29, 0.717) is 19.5 Å². The Hall–Kier alpha value is -1.69. The van der Waals surface area contributed by atoms with Crippen LogP contribution in [-0.2, 0) is 24.2 Å². The molecule has 0 unspecified atom stereocenters. The number of hydrogen-bond acceptors (Lipinski definition) is 4. The van der Waals surface area contributed by atoms with Crippen LogP contribution in [0.5, 0.6) is 0 Å². The first-order valence-electron chi connectivity index (χ1n) is 6.86. The van der Waals surface area contributed by atoms with Gasteiger partial charge >= 0.3 is 0 Å². The summed E-state index contributed by atoms with van der Waals surface area (Å²) in [5, 5.41) is 2.95. The molecule has 0 saturated heterocycles. The van der Waals surface area contributed by atoms with Gasteiger partial charge in [-0.25, -0.2) is 9.97 Å². The van der Waals surface area contributed by atoms with Crippen LogP contribution in [0.25, 0.3) is 0 Å². The summed E-state index contributed by atoms with van der Waals surface area (Å²) in [5.41, 5.74) is 2.91. The lowest BCUT2D eigenvalue weighted by molar-refractivity contribution is -0.121. The lowest BCUT2D eigenvalue weighted by Gasteiger charge is -2.07. The second kappa shape index (κ2) is 7.19. The summed E-state index contributed by atoms with van der Waals surface area (Å²) in [5.74, 6) is 1.11. The maximum Gasteiger partial charge on any atom is 0.221 e. The van der Waals surface area contributed by atoms with E-state index in [-0.39, 0.29) is 5.91 Å². The predicted octanol–water partition coefficient (Wildman–Crippen LogP) is 1.96. The highest BCUT2D eigenvalue weighted by molar-refractivity contribution is 7.09. The highest BCUT2D eigenvalue weighted by Crippen LogP contribution is 2.11. The van der Waals surface area contributed by atoms with Gasteiger partial charge in [0.1, 0.15) is 5.82 Å². The second-order valence-electron chi connectivity index (χ2n) is 4.60.